The first kappa shape index (κ1) is 12.0. The molecule has 1 aromatic heterocycles. The third-order valence-electron chi connectivity index (χ3n) is 2.83. The van der Waals surface area contributed by atoms with Gasteiger partial charge in [0.15, 0.2) is 5.82 Å². The zero-order chi connectivity index (χ0) is 12.3. The molecule has 7 heteroatoms. The van der Waals surface area contributed by atoms with Crippen molar-refractivity contribution in [1.82, 2.24) is 30.4 Å². The first-order valence-electron chi connectivity index (χ1n) is 5.93. The summed E-state index contributed by atoms with van der Waals surface area (Å²) in [6.45, 7) is 7.50. The van der Waals surface area contributed by atoms with Gasteiger partial charge in [0, 0.05) is 32.1 Å². The van der Waals surface area contributed by atoms with Crippen LogP contribution in [0.3, 0.4) is 0 Å². The molecule has 0 unspecified atom stereocenters. The lowest BCUT2D eigenvalue weighted by molar-refractivity contribution is -0.132. The summed E-state index contributed by atoms with van der Waals surface area (Å²) in [4.78, 5) is 13.9. The van der Waals surface area contributed by atoms with Crippen LogP contribution in [0.1, 0.15) is 25.6 Å². The molecule has 7 nitrogen and oxygen atoms in total. The second kappa shape index (κ2) is 5.22. The largest absolute Gasteiger partial charge is 0.339 e. The van der Waals surface area contributed by atoms with Crippen LogP contribution in [0.2, 0.25) is 0 Å². The van der Waals surface area contributed by atoms with Gasteiger partial charge in [-0.15, -0.1) is 5.10 Å². The highest BCUT2D eigenvalue weighted by Crippen LogP contribution is 2.09. The first-order valence-corrected chi connectivity index (χ1v) is 5.93. The lowest BCUT2D eigenvalue weighted by Gasteiger charge is -2.27. The van der Waals surface area contributed by atoms with E-state index in [1.54, 1.807) is 4.68 Å². The van der Waals surface area contributed by atoms with E-state index in [1.165, 1.54) is 0 Å². The van der Waals surface area contributed by atoms with Gasteiger partial charge in [-0.1, -0.05) is 13.8 Å². The average molecular weight is 238 g/mol. The van der Waals surface area contributed by atoms with E-state index >= 15 is 0 Å². The number of hydrogen-bond acceptors (Lipinski definition) is 5. The van der Waals surface area contributed by atoms with E-state index in [9.17, 15) is 4.79 Å². The molecule has 1 amide bonds. The van der Waals surface area contributed by atoms with Crippen molar-refractivity contribution in [3.63, 3.8) is 0 Å². The number of carbonyl (C=O) groups is 1. The fraction of sp³-hybridized carbons (Fsp3) is 0.800. The highest BCUT2D eigenvalue weighted by molar-refractivity contribution is 5.76. The molecule has 0 radical (unpaired) electrons. The quantitative estimate of drug-likeness (QED) is 0.748. The van der Waals surface area contributed by atoms with Gasteiger partial charge in [0.05, 0.1) is 0 Å². The van der Waals surface area contributed by atoms with E-state index in [4.69, 9.17) is 0 Å². The standard InChI is InChI=1S/C10H18N6O/c1-8(2)10-12-13-14-16(10)7-9(17)15-5-3-11-4-6-15/h8,11H,3-7H2,1-2H3. The minimum absolute atomic E-state index is 0.0840. The van der Waals surface area contributed by atoms with Crippen molar-refractivity contribution in [1.29, 1.82) is 0 Å². The van der Waals surface area contributed by atoms with E-state index in [-0.39, 0.29) is 18.4 Å². The topological polar surface area (TPSA) is 75.9 Å². The molecule has 1 N–H and O–H groups in total. The highest BCUT2D eigenvalue weighted by atomic mass is 16.2. The Bertz CT molecular complexity index is 382. The van der Waals surface area contributed by atoms with E-state index in [2.05, 4.69) is 20.8 Å². The van der Waals surface area contributed by atoms with E-state index < -0.39 is 0 Å². The number of nitrogens with one attached hydrogen (secondary N) is 1. The van der Waals surface area contributed by atoms with Gasteiger partial charge in [-0.3, -0.25) is 4.79 Å². The fourth-order valence-electron chi connectivity index (χ4n) is 1.88. The summed E-state index contributed by atoms with van der Waals surface area (Å²) in [6, 6.07) is 0. The van der Waals surface area contributed by atoms with Gasteiger partial charge >= 0.3 is 0 Å². The summed E-state index contributed by atoms with van der Waals surface area (Å²) < 4.78 is 1.59. The van der Waals surface area contributed by atoms with E-state index in [1.807, 2.05) is 18.7 Å². The zero-order valence-electron chi connectivity index (χ0n) is 10.3. The van der Waals surface area contributed by atoms with Gasteiger partial charge in [-0.05, 0) is 10.4 Å². The fourth-order valence-corrected chi connectivity index (χ4v) is 1.88. The molecule has 0 spiro atoms. The molecule has 1 aliphatic rings. The molecule has 1 aromatic rings. The van der Waals surface area contributed by atoms with Crippen LogP contribution in [-0.4, -0.2) is 57.2 Å². The van der Waals surface area contributed by atoms with E-state index in [0.29, 0.717) is 0 Å². The van der Waals surface area contributed by atoms with Crippen molar-refractivity contribution < 1.29 is 4.79 Å². The molecule has 0 bridgehead atoms. The number of aromatic nitrogens is 4. The Balaban J connectivity index is 1.99. The molecule has 17 heavy (non-hydrogen) atoms. The van der Waals surface area contributed by atoms with Gasteiger partial charge in [0.1, 0.15) is 6.54 Å². The predicted octanol–water partition coefficient (Wildman–Crippen LogP) is -0.772. The highest BCUT2D eigenvalue weighted by Gasteiger charge is 2.19. The second-order valence-corrected chi connectivity index (χ2v) is 4.48. The maximum atomic E-state index is 12.0. The summed E-state index contributed by atoms with van der Waals surface area (Å²) in [5.41, 5.74) is 0. The lowest BCUT2D eigenvalue weighted by atomic mass is 10.2. The van der Waals surface area contributed by atoms with Crippen LogP contribution in [0.25, 0.3) is 0 Å². The Morgan fingerprint density at radius 2 is 2.12 bits per heavy atom. The Morgan fingerprint density at radius 3 is 2.76 bits per heavy atom. The molecule has 0 atom stereocenters. The Hall–Kier alpha value is -1.50. The molecule has 1 aliphatic heterocycles. The number of amides is 1. The summed E-state index contributed by atoms with van der Waals surface area (Å²) in [6.07, 6.45) is 0. The number of carbonyl (C=O) groups excluding carboxylic acids is 1. The van der Waals surface area contributed by atoms with Crippen LogP contribution < -0.4 is 5.32 Å². The van der Waals surface area contributed by atoms with Crippen LogP contribution >= 0.6 is 0 Å². The van der Waals surface area contributed by atoms with Gasteiger partial charge < -0.3 is 10.2 Å². The van der Waals surface area contributed by atoms with Crippen LogP contribution in [0.15, 0.2) is 0 Å². The normalized spacial score (nSPS) is 16.5. The molecule has 1 saturated heterocycles. The van der Waals surface area contributed by atoms with Crippen LogP contribution in [0.5, 0.6) is 0 Å². The number of nitrogens with zero attached hydrogens (tertiary/aromatic N) is 5. The monoisotopic (exact) mass is 238 g/mol. The number of piperazine rings is 1. The SMILES string of the molecule is CC(C)c1nnnn1CC(=O)N1CCNCC1. The zero-order valence-corrected chi connectivity index (χ0v) is 10.3. The molecule has 0 saturated carbocycles. The van der Waals surface area contributed by atoms with E-state index in [0.717, 1.165) is 32.0 Å². The van der Waals surface area contributed by atoms with Crippen molar-refractivity contribution in [2.75, 3.05) is 26.2 Å². The molecule has 94 valence electrons. The molecular formula is C10H18N6O. The third kappa shape index (κ3) is 2.79. The van der Waals surface area contributed by atoms with Crippen molar-refractivity contribution in [2.45, 2.75) is 26.3 Å². The molecule has 1 fully saturated rings. The van der Waals surface area contributed by atoms with Crippen molar-refractivity contribution in [3.8, 4) is 0 Å². The summed E-state index contributed by atoms with van der Waals surface area (Å²) >= 11 is 0. The third-order valence-corrected chi connectivity index (χ3v) is 2.83. The molecule has 2 rings (SSSR count). The Kier molecular flexibility index (Phi) is 3.68. The molecule has 0 aliphatic carbocycles. The Morgan fingerprint density at radius 1 is 1.41 bits per heavy atom. The summed E-state index contributed by atoms with van der Waals surface area (Å²) in [5.74, 6) is 1.06. The molecule has 2 heterocycles. The van der Waals surface area contributed by atoms with Crippen molar-refractivity contribution >= 4 is 5.91 Å². The smallest absolute Gasteiger partial charge is 0.244 e. The lowest BCUT2D eigenvalue weighted by Crippen LogP contribution is -2.47. The number of hydrogen-bond donors (Lipinski definition) is 1. The Labute approximate surface area is 100 Å². The van der Waals surface area contributed by atoms with Crippen LogP contribution in [-0.2, 0) is 11.3 Å². The number of rotatable bonds is 3. The summed E-state index contributed by atoms with van der Waals surface area (Å²) in [7, 11) is 0. The van der Waals surface area contributed by atoms with Crippen LogP contribution in [0, 0.1) is 0 Å². The predicted molar refractivity (Wildman–Crippen MR) is 61.4 cm³/mol. The second-order valence-electron chi connectivity index (χ2n) is 4.48. The first-order chi connectivity index (χ1) is 8.18. The van der Waals surface area contributed by atoms with Gasteiger partial charge in [0.25, 0.3) is 0 Å². The minimum Gasteiger partial charge on any atom is -0.339 e. The maximum Gasteiger partial charge on any atom is 0.244 e. The minimum atomic E-state index is 0.0840. The maximum absolute atomic E-state index is 12.0. The summed E-state index contributed by atoms with van der Waals surface area (Å²) in [5, 5.41) is 14.6. The van der Waals surface area contributed by atoms with Crippen molar-refractivity contribution in [3.05, 3.63) is 5.82 Å². The molecule has 0 aromatic carbocycles. The van der Waals surface area contributed by atoms with Gasteiger partial charge in [0.2, 0.25) is 5.91 Å². The van der Waals surface area contributed by atoms with Gasteiger partial charge in [-0.25, -0.2) is 4.68 Å². The van der Waals surface area contributed by atoms with Crippen LogP contribution in [0.4, 0.5) is 0 Å². The van der Waals surface area contributed by atoms with Crippen molar-refractivity contribution in [2.24, 2.45) is 0 Å². The average Bonchev–Trinajstić information content (AvgIpc) is 2.78. The van der Waals surface area contributed by atoms with Gasteiger partial charge in [-0.2, -0.15) is 0 Å². The number of tetrazole rings is 1. The molecular weight excluding hydrogens is 220 g/mol.